The lowest BCUT2D eigenvalue weighted by Gasteiger charge is -2.42. The Morgan fingerprint density at radius 2 is 1.78 bits per heavy atom. The zero-order chi connectivity index (χ0) is 26.5. The van der Waals surface area contributed by atoms with Gasteiger partial charge in [-0.3, -0.25) is 9.48 Å². The molecular weight excluding hydrogens is 531 g/mol. The molecule has 1 amide bonds. The van der Waals surface area contributed by atoms with Crippen molar-refractivity contribution in [3.63, 3.8) is 0 Å². The third kappa shape index (κ3) is 4.64. The zero-order valence-electron chi connectivity index (χ0n) is 19.4. The van der Waals surface area contributed by atoms with Crippen LogP contribution in [0.2, 0.25) is 5.02 Å². The number of sulfone groups is 1. The fraction of sp³-hybridized carbons (Fsp3) is 0.360. The van der Waals surface area contributed by atoms with Gasteiger partial charge >= 0.3 is 0 Å². The topological polar surface area (TPSA) is 101 Å². The number of hydrogen-bond acceptors (Lipinski definition) is 5. The SMILES string of the molecule is O=C(Nc1cc(F)c(F)c(F)c1)c1ccc(Cl)c(S(=O)(=O)[C@H]2CC3CCC(C2)[C@]3(O)Cn2cccn2)c1. The number of nitrogens with one attached hydrogen (secondary N) is 1. The Morgan fingerprint density at radius 3 is 2.38 bits per heavy atom. The van der Waals surface area contributed by atoms with Crippen LogP contribution in [0, 0.1) is 29.3 Å². The molecule has 2 aromatic carbocycles. The first-order valence-corrected chi connectivity index (χ1v) is 13.6. The Labute approximate surface area is 216 Å². The summed E-state index contributed by atoms with van der Waals surface area (Å²) in [5.41, 5.74) is -1.51. The van der Waals surface area contributed by atoms with E-state index in [9.17, 15) is 31.5 Å². The van der Waals surface area contributed by atoms with E-state index in [-0.39, 0.29) is 52.4 Å². The molecule has 2 bridgehead atoms. The van der Waals surface area contributed by atoms with Gasteiger partial charge in [-0.15, -0.1) is 0 Å². The van der Waals surface area contributed by atoms with Crippen molar-refractivity contribution in [3.8, 4) is 0 Å². The largest absolute Gasteiger partial charge is 0.387 e. The highest BCUT2D eigenvalue weighted by Crippen LogP contribution is 2.52. The van der Waals surface area contributed by atoms with Crippen molar-refractivity contribution < 1.29 is 31.5 Å². The van der Waals surface area contributed by atoms with Crippen LogP contribution in [-0.2, 0) is 16.4 Å². The summed E-state index contributed by atoms with van der Waals surface area (Å²) < 4.78 is 69.2. The van der Waals surface area contributed by atoms with Gasteiger partial charge in [0.25, 0.3) is 5.91 Å². The van der Waals surface area contributed by atoms with Gasteiger partial charge in [-0.25, -0.2) is 21.6 Å². The second-order valence-corrected chi connectivity index (χ2v) is 12.3. The van der Waals surface area contributed by atoms with E-state index in [4.69, 9.17) is 11.6 Å². The number of carbonyl (C=O) groups is 1. The van der Waals surface area contributed by atoms with Gasteiger partial charge in [-0.2, -0.15) is 5.10 Å². The highest BCUT2D eigenvalue weighted by Gasteiger charge is 2.56. The molecule has 196 valence electrons. The van der Waals surface area contributed by atoms with E-state index in [0.717, 1.165) is 6.07 Å². The molecule has 3 aromatic rings. The molecule has 2 saturated carbocycles. The summed E-state index contributed by atoms with van der Waals surface area (Å²) in [7, 11) is -3.99. The van der Waals surface area contributed by atoms with Gasteiger partial charge in [0.05, 0.1) is 27.3 Å². The van der Waals surface area contributed by atoms with Crippen LogP contribution >= 0.6 is 11.6 Å². The van der Waals surface area contributed by atoms with Gasteiger partial charge in [0, 0.05) is 35.8 Å². The highest BCUT2D eigenvalue weighted by molar-refractivity contribution is 7.92. The van der Waals surface area contributed by atoms with E-state index in [1.54, 1.807) is 23.1 Å². The molecule has 37 heavy (non-hydrogen) atoms. The summed E-state index contributed by atoms with van der Waals surface area (Å²) in [6.07, 6.45) is 5.22. The van der Waals surface area contributed by atoms with Crippen LogP contribution in [-0.4, -0.2) is 40.1 Å². The molecule has 2 aliphatic rings. The van der Waals surface area contributed by atoms with Gasteiger partial charge in [-0.1, -0.05) is 11.6 Å². The van der Waals surface area contributed by atoms with Crippen molar-refractivity contribution in [1.29, 1.82) is 0 Å². The van der Waals surface area contributed by atoms with Crippen molar-refractivity contribution in [2.24, 2.45) is 11.8 Å². The Morgan fingerprint density at radius 1 is 1.14 bits per heavy atom. The van der Waals surface area contributed by atoms with Crippen molar-refractivity contribution in [2.75, 3.05) is 5.32 Å². The lowest BCUT2D eigenvalue weighted by atomic mass is 9.74. The number of benzene rings is 2. The van der Waals surface area contributed by atoms with E-state index in [1.807, 2.05) is 0 Å². The molecule has 5 rings (SSSR count). The fourth-order valence-corrected chi connectivity index (χ4v) is 8.05. The van der Waals surface area contributed by atoms with Gasteiger partial charge in [0.15, 0.2) is 27.3 Å². The molecule has 12 heteroatoms. The number of hydrogen-bond donors (Lipinski definition) is 2. The second kappa shape index (κ2) is 9.45. The summed E-state index contributed by atoms with van der Waals surface area (Å²) in [6.45, 7) is 0.281. The quantitative estimate of drug-likeness (QED) is 0.435. The lowest BCUT2D eigenvalue weighted by molar-refractivity contribution is -0.0735. The molecule has 2 N–H and O–H groups in total. The number of anilines is 1. The maximum Gasteiger partial charge on any atom is 0.255 e. The minimum atomic E-state index is -3.99. The van der Waals surface area contributed by atoms with Crippen LogP contribution in [0.25, 0.3) is 0 Å². The number of halogens is 4. The Hall–Kier alpha value is -2.89. The van der Waals surface area contributed by atoms with Crippen LogP contribution in [0.5, 0.6) is 0 Å². The van der Waals surface area contributed by atoms with Crippen LogP contribution in [0.1, 0.15) is 36.0 Å². The first-order valence-electron chi connectivity index (χ1n) is 11.7. The number of fused-ring (bicyclic) bond motifs is 2. The Kier molecular flexibility index (Phi) is 6.57. The van der Waals surface area contributed by atoms with Crippen molar-refractivity contribution in [2.45, 2.75) is 48.0 Å². The summed E-state index contributed by atoms with van der Waals surface area (Å²) in [6, 6.07) is 6.66. The predicted octanol–water partition coefficient (Wildman–Crippen LogP) is 4.60. The number of nitrogens with zero attached hydrogens (tertiary/aromatic N) is 2. The normalized spacial score (nSPS) is 25.3. The van der Waals surface area contributed by atoms with Crippen LogP contribution in [0.15, 0.2) is 53.7 Å². The van der Waals surface area contributed by atoms with Crippen molar-refractivity contribution in [1.82, 2.24) is 9.78 Å². The standard InChI is InChI=1S/C25H23ClF3N3O4S/c26-19-5-2-14(24(33)31-17-11-20(27)23(29)21(28)12-17)8-22(19)37(35,36)18-9-15-3-4-16(10-18)25(15,34)13-32-7-1-6-30-32/h1-2,5-8,11-12,15-16,18,34H,3-4,9-10,13H2,(H,31,33)/t15?,16?,18-,25-. The average Bonchev–Trinajstić information content (AvgIpc) is 3.36. The fourth-order valence-electron chi connectivity index (χ4n) is 5.65. The van der Waals surface area contributed by atoms with Crippen LogP contribution in [0.4, 0.5) is 18.9 Å². The average molecular weight is 554 g/mol. The monoisotopic (exact) mass is 553 g/mol. The van der Waals surface area contributed by atoms with E-state index in [2.05, 4.69) is 10.4 Å². The number of amides is 1. The molecule has 2 atom stereocenters. The molecule has 7 nitrogen and oxygen atoms in total. The highest BCUT2D eigenvalue weighted by atomic mass is 35.5. The summed E-state index contributed by atoms with van der Waals surface area (Å²) >= 11 is 6.25. The maximum atomic E-state index is 13.7. The summed E-state index contributed by atoms with van der Waals surface area (Å²) in [5, 5.41) is 17.0. The molecule has 0 spiro atoms. The van der Waals surface area contributed by atoms with Gasteiger partial charge in [0.1, 0.15) is 0 Å². The van der Waals surface area contributed by atoms with E-state index < -0.39 is 44.0 Å². The Balaban J connectivity index is 1.38. The number of rotatable bonds is 6. The molecule has 0 aliphatic heterocycles. The first kappa shape index (κ1) is 25.7. The van der Waals surface area contributed by atoms with E-state index >= 15 is 0 Å². The number of aromatic nitrogens is 2. The molecule has 2 aliphatic carbocycles. The molecule has 0 radical (unpaired) electrons. The second-order valence-electron chi connectivity index (χ2n) is 9.66. The third-order valence-electron chi connectivity index (χ3n) is 7.53. The van der Waals surface area contributed by atoms with E-state index in [1.165, 1.54) is 12.1 Å². The molecule has 0 saturated heterocycles. The first-order chi connectivity index (χ1) is 17.5. The Bertz CT molecular complexity index is 1430. The summed E-state index contributed by atoms with van der Waals surface area (Å²) in [5.74, 6) is -5.97. The van der Waals surface area contributed by atoms with E-state index in [0.29, 0.717) is 25.0 Å². The van der Waals surface area contributed by atoms with Gasteiger partial charge in [0.2, 0.25) is 0 Å². The molecular formula is C25H23ClF3N3O4S. The molecule has 1 heterocycles. The zero-order valence-corrected chi connectivity index (χ0v) is 20.9. The van der Waals surface area contributed by atoms with Crippen molar-refractivity contribution >= 4 is 33.0 Å². The molecule has 2 unspecified atom stereocenters. The van der Waals surface area contributed by atoms with Crippen LogP contribution < -0.4 is 5.32 Å². The predicted molar refractivity (Wildman–Crippen MR) is 129 cm³/mol. The van der Waals surface area contributed by atoms with Crippen molar-refractivity contribution in [3.05, 3.63) is 76.8 Å². The van der Waals surface area contributed by atoms with Gasteiger partial charge < -0.3 is 10.4 Å². The minimum absolute atomic E-state index is 0.0693. The smallest absolute Gasteiger partial charge is 0.255 e. The van der Waals surface area contributed by atoms with Gasteiger partial charge in [-0.05, 0) is 61.8 Å². The summed E-state index contributed by atoms with van der Waals surface area (Å²) in [4.78, 5) is 12.5. The molecule has 1 aromatic heterocycles. The lowest BCUT2D eigenvalue weighted by Crippen LogP contribution is -2.50. The minimum Gasteiger partial charge on any atom is -0.387 e. The van der Waals surface area contributed by atoms with Crippen LogP contribution in [0.3, 0.4) is 0 Å². The third-order valence-corrected chi connectivity index (χ3v) is 10.2. The number of aliphatic hydroxyl groups is 1. The molecule has 2 fully saturated rings. The maximum absolute atomic E-state index is 13.7. The number of carbonyl (C=O) groups excluding carboxylic acids is 1.